The summed E-state index contributed by atoms with van der Waals surface area (Å²) in [5.41, 5.74) is 3.68. The SMILES string of the molecule is CSc1cccc(CN2CCn3nc(CNc4cnccn4)cc3C2)c1. The third kappa shape index (κ3) is 4.05. The van der Waals surface area contributed by atoms with Gasteiger partial charge in [0.25, 0.3) is 0 Å². The van der Waals surface area contributed by atoms with E-state index < -0.39 is 0 Å². The third-order valence-corrected chi connectivity index (χ3v) is 5.21. The lowest BCUT2D eigenvalue weighted by atomic mass is 10.2. The van der Waals surface area contributed by atoms with Gasteiger partial charge in [-0.1, -0.05) is 12.1 Å². The maximum Gasteiger partial charge on any atom is 0.144 e. The molecule has 0 aliphatic carbocycles. The van der Waals surface area contributed by atoms with E-state index in [9.17, 15) is 0 Å². The van der Waals surface area contributed by atoms with Crippen molar-refractivity contribution in [2.24, 2.45) is 0 Å². The van der Waals surface area contributed by atoms with Crippen molar-refractivity contribution in [3.8, 4) is 0 Å². The van der Waals surface area contributed by atoms with E-state index in [2.05, 4.69) is 61.5 Å². The van der Waals surface area contributed by atoms with Crippen LogP contribution in [0.25, 0.3) is 0 Å². The zero-order valence-corrected chi connectivity index (χ0v) is 15.6. The van der Waals surface area contributed by atoms with Gasteiger partial charge in [-0.25, -0.2) is 4.98 Å². The van der Waals surface area contributed by atoms with E-state index >= 15 is 0 Å². The topological polar surface area (TPSA) is 58.9 Å². The molecule has 0 atom stereocenters. The average molecular weight is 366 g/mol. The van der Waals surface area contributed by atoms with Crippen LogP contribution in [0.4, 0.5) is 5.82 Å². The molecule has 0 bridgehead atoms. The van der Waals surface area contributed by atoms with Crippen molar-refractivity contribution in [1.29, 1.82) is 0 Å². The lowest BCUT2D eigenvalue weighted by molar-refractivity contribution is 0.205. The molecular weight excluding hydrogens is 344 g/mol. The van der Waals surface area contributed by atoms with Crippen molar-refractivity contribution < 1.29 is 0 Å². The molecule has 134 valence electrons. The number of hydrogen-bond acceptors (Lipinski definition) is 6. The van der Waals surface area contributed by atoms with Gasteiger partial charge in [-0.15, -0.1) is 11.8 Å². The normalized spacial score (nSPS) is 14.2. The molecule has 0 saturated carbocycles. The van der Waals surface area contributed by atoms with Crippen LogP contribution in [0.1, 0.15) is 17.0 Å². The second-order valence-corrected chi connectivity index (χ2v) is 7.24. The summed E-state index contributed by atoms with van der Waals surface area (Å²) < 4.78 is 2.13. The molecule has 1 N–H and O–H groups in total. The molecule has 2 aromatic heterocycles. The van der Waals surface area contributed by atoms with Crippen LogP contribution in [0.3, 0.4) is 0 Å². The maximum atomic E-state index is 4.71. The van der Waals surface area contributed by atoms with Gasteiger partial charge < -0.3 is 5.32 Å². The zero-order valence-electron chi connectivity index (χ0n) is 14.8. The summed E-state index contributed by atoms with van der Waals surface area (Å²) in [7, 11) is 0. The van der Waals surface area contributed by atoms with Gasteiger partial charge in [-0.05, 0) is 30.0 Å². The van der Waals surface area contributed by atoms with Crippen molar-refractivity contribution in [2.45, 2.75) is 31.1 Å². The summed E-state index contributed by atoms with van der Waals surface area (Å²) in [6.45, 7) is 4.53. The number of rotatable bonds is 6. The van der Waals surface area contributed by atoms with Crippen LogP contribution >= 0.6 is 11.8 Å². The Morgan fingerprint density at radius 2 is 2.15 bits per heavy atom. The Balaban J connectivity index is 1.38. The lowest BCUT2D eigenvalue weighted by Gasteiger charge is -2.27. The molecule has 26 heavy (non-hydrogen) atoms. The van der Waals surface area contributed by atoms with Gasteiger partial charge in [-0.2, -0.15) is 5.10 Å². The fourth-order valence-electron chi connectivity index (χ4n) is 3.20. The van der Waals surface area contributed by atoms with Crippen LogP contribution in [-0.2, 0) is 26.2 Å². The predicted octanol–water partition coefficient (Wildman–Crippen LogP) is 3.02. The van der Waals surface area contributed by atoms with Gasteiger partial charge in [0.15, 0.2) is 0 Å². The Bertz CT molecular complexity index is 863. The number of nitrogens with one attached hydrogen (secondary N) is 1. The highest BCUT2D eigenvalue weighted by Crippen LogP contribution is 2.20. The van der Waals surface area contributed by atoms with Gasteiger partial charge >= 0.3 is 0 Å². The van der Waals surface area contributed by atoms with E-state index in [4.69, 9.17) is 5.10 Å². The van der Waals surface area contributed by atoms with Gasteiger partial charge in [-0.3, -0.25) is 14.6 Å². The highest BCUT2D eigenvalue weighted by Gasteiger charge is 2.18. The second-order valence-electron chi connectivity index (χ2n) is 6.36. The summed E-state index contributed by atoms with van der Waals surface area (Å²) in [5, 5.41) is 7.98. The van der Waals surface area contributed by atoms with E-state index in [-0.39, 0.29) is 0 Å². The van der Waals surface area contributed by atoms with Crippen LogP contribution in [0.5, 0.6) is 0 Å². The third-order valence-electron chi connectivity index (χ3n) is 4.48. The number of benzene rings is 1. The highest BCUT2D eigenvalue weighted by molar-refractivity contribution is 7.98. The van der Waals surface area contributed by atoms with Crippen LogP contribution < -0.4 is 5.32 Å². The van der Waals surface area contributed by atoms with Crippen LogP contribution in [0, 0.1) is 0 Å². The van der Waals surface area contributed by atoms with Crippen molar-refractivity contribution in [3.63, 3.8) is 0 Å². The molecule has 0 amide bonds. The smallest absolute Gasteiger partial charge is 0.144 e. The van der Waals surface area contributed by atoms with Crippen LogP contribution in [0.15, 0.2) is 53.8 Å². The molecule has 1 aliphatic heterocycles. The minimum Gasteiger partial charge on any atom is -0.363 e. The fourth-order valence-corrected chi connectivity index (χ4v) is 3.69. The number of thioether (sulfide) groups is 1. The first-order chi connectivity index (χ1) is 12.8. The average Bonchev–Trinajstić information content (AvgIpc) is 3.09. The molecule has 4 rings (SSSR count). The maximum absolute atomic E-state index is 4.71. The molecule has 0 radical (unpaired) electrons. The largest absolute Gasteiger partial charge is 0.363 e. The van der Waals surface area contributed by atoms with Crippen molar-refractivity contribution in [1.82, 2.24) is 24.6 Å². The van der Waals surface area contributed by atoms with Crippen molar-refractivity contribution >= 4 is 17.6 Å². The van der Waals surface area contributed by atoms with E-state index in [0.29, 0.717) is 6.54 Å². The summed E-state index contributed by atoms with van der Waals surface area (Å²) in [6, 6.07) is 11.0. The molecule has 0 unspecified atom stereocenters. The second kappa shape index (κ2) is 7.88. The Morgan fingerprint density at radius 1 is 1.19 bits per heavy atom. The number of fused-ring (bicyclic) bond motifs is 1. The van der Waals surface area contributed by atoms with Gasteiger partial charge in [0, 0.05) is 36.9 Å². The quantitative estimate of drug-likeness (QED) is 0.677. The summed E-state index contributed by atoms with van der Waals surface area (Å²) in [6.07, 6.45) is 7.20. The lowest BCUT2D eigenvalue weighted by Crippen LogP contribution is -2.33. The van der Waals surface area contributed by atoms with E-state index in [1.165, 1.54) is 16.2 Å². The fraction of sp³-hybridized carbons (Fsp3) is 0.316. The summed E-state index contributed by atoms with van der Waals surface area (Å²) in [4.78, 5) is 12.1. The summed E-state index contributed by atoms with van der Waals surface area (Å²) >= 11 is 1.79. The number of aromatic nitrogens is 4. The Labute approximate surface area is 157 Å². The molecule has 3 aromatic rings. The van der Waals surface area contributed by atoms with Crippen molar-refractivity contribution in [2.75, 3.05) is 18.1 Å². The molecule has 6 nitrogen and oxygen atoms in total. The predicted molar refractivity (Wildman–Crippen MR) is 104 cm³/mol. The highest BCUT2D eigenvalue weighted by atomic mass is 32.2. The molecule has 1 aliphatic rings. The first kappa shape index (κ1) is 17.1. The zero-order chi connectivity index (χ0) is 17.8. The molecule has 1 aromatic carbocycles. The number of nitrogens with zero attached hydrogens (tertiary/aromatic N) is 5. The molecule has 0 fully saturated rings. The molecule has 0 spiro atoms. The Morgan fingerprint density at radius 3 is 3.00 bits per heavy atom. The molecule has 3 heterocycles. The van der Waals surface area contributed by atoms with E-state index in [0.717, 1.165) is 37.7 Å². The van der Waals surface area contributed by atoms with Gasteiger partial charge in [0.1, 0.15) is 5.82 Å². The molecule has 7 heteroatoms. The first-order valence-corrected chi connectivity index (χ1v) is 9.93. The Kier molecular flexibility index (Phi) is 5.17. The first-order valence-electron chi connectivity index (χ1n) is 8.71. The van der Waals surface area contributed by atoms with Crippen LogP contribution in [0.2, 0.25) is 0 Å². The monoisotopic (exact) mass is 366 g/mol. The van der Waals surface area contributed by atoms with Gasteiger partial charge in [0.05, 0.1) is 30.7 Å². The minimum atomic E-state index is 0.661. The molecular formula is C19H22N6S. The molecule has 0 saturated heterocycles. The summed E-state index contributed by atoms with van der Waals surface area (Å²) in [5.74, 6) is 0.772. The van der Waals surface area contributed by atoms with Gasteiger partial charge in [0.2, 0.25) is 0 Å². The number of anilines is 1. The van der Waals surface area contributed by atoms with E-state index in [1.807, 2.05) is 0 Å². The van der Waals surface area contributed by atoms with Crippen LogP contribution in [-0.4, -0.2) is 37.4 Å². The minimum absolute atomic E-state index is 0.661. The van der Waals surface area contributed by atoms with Crippen molar-refractivity contribution in [3.05, 3.63) is 65.9 Å². The Hall–Kier alpha value is -2.38. The van der Waals surface area contributed by atoms with E-state index in [1.54, 1.807) is 30.4 Å². The standard InChI is InChI=1S/C19H22N6S/c1-26-18-4-2-3-15(9-18)13-24-7-8-25-17(14-24)10-16(23-25)11-22-19-12-20-5-6-21-19/h2-6,9-10,12H,7-8,11,13-14H2,1H3,(H,21,22). The number of hydrogen-bond donors (Lipinski definition) is 1.